The van der Waals surface area contributed by atoms with Gasteiger partial charge in [0.1, 0.15) is 6.33 Å². The van der Waals surface area contributed by atoms with Crippen LogP contribution in [0.3, 0.4) is 0 Å². The maximum absolute atomic E-state index is 5.69. The van der Waals surface area contributed by atoms with E-state index >= 15 is 0 Å². The van der Waals surface area contributed by atoms with Crippen molar-refractivity contribution in [1.82, 2.24) is 14.8 Å². The van der Waals surface area contributed by atoms with Gasteiger partial charge in [-0.2, -0.15) is 0 Å². The van der Waals surface area contributed by atoms with Crippen LogP contribution in [-0.4, -0.2) is 14.8 Å². The van der Waals surface area contributed by atoms with Crippen molar-refractivity contribution in [1.29, 1.82) is 0 Å². The normalized spacial score (nSPS) is 10.6. The third-order valence-corrected chi connectivity index (χ3v) is 3.45. The third-order valence-electron chi connectivity index (χ3n) is 2.36. The minimum absolute atomic E-state index is 0.579. The highest BCUT2D eigenvalue weighted by Gasteiger charge is 2.04. The van der Waals surface area contributed by atoms with Gasteiger partial charge in [-0.1, -0.05) is 36.0 Å². The second-order valence-electron chi connectivity index (χ2n) is 3.49. The number of nitrogens with two attached hydrogens (primary N) is 1. The molecule has 0 unspecified atom stereocenters. The Balaban J connectivity index is 2.07. The molecule has 0 aliphatic rings. The van der Waals surface area contributed by atoms with Crippen LogP contribution in [0.1, 0.15) is 11.1 Å². The molecule has 0 spiro atoms. The van der Waals surface area contributed by atoms with Crippen molar-refractivity contribution >= 4 is 11.8 Å². The fourth-order valence-electron chi connectivity index (χ4n) is 1.44. The van der Waals surface area contributed by atoms with E-state index in [1.54, 1.807) is 18.1 Å². The highest BCUT2D eigenvalue weighted by atomic mass is 32.2. The number of benzene rings is 1. The van der Waals surface area contributed by atoms with E-state index in [0.29, 0.717) is 6.54 Å². The van der Waals surface area contributed by atoms with Crippen molar-refractivity contribution in [3.63, 3.8) is 0 Å². The van der Waals surface area contributed by atoms with Crippen molar-refractivity contribution < 1.29 is 0 Å². The summed E-state index contributed by atoms with van der Waals surface area (Å²) in [5, 5.41) is 8.80. The Hall–Kier alpha value is -1.33. The molecular weight excluding hydrogens is 220 g/mol. The molecule has 84 valence electrons. The standard InChI is InChI=1S/C11H14N4S/c1-15-8-13-14-11(15)16-7-10-5-3-2-4-9(10)6-12/h2-5,8H,6-7,12H2,1H3. The summed E-state index contributed by atoms with van der Waals surface area (Å²) in [6.45, 7) is 0.579. The van der Waals surface area contributed by atoms with E-state index in [9.17, 15) is 0 Å². The van der Waals surface area contributed by atoms with E-state index < -0.39 is 0 Å². The van der Waals surface area contributed by atoms with Crippen LogP contribution in [0.25, 0.3) is 0 Å². The molecule has 0 aliphatic carbocycles. The summed E-state index contributed by atoms with van der Waals surface area (Å²) in [5.41, 5.74) is 8.14. The molecule has 0 amide bonds. The molecule has 0 saturated heterocycles. The summed E-state index contributed by atoms with van der Waals surface area (Å²) in [6, 6.07) is 8.21. The molecule has 0 aliphatic heterocycles. The summed E-state index contributed by atoms with van der Waals surface area (Å²) in [4.78, 5) is 0. The Morgan fingerprint density at radius 3 is 2.69 bits per heavy atom. The lowest BCUT2D eigenvalue weighted by molar-refractivity contribution is 0.788. The van der Waals surface area contributed by atoms with Crippen molar-refractivity contribution in [2.75, 3.05) is 0 Å². The van der Waals surface area contributed by atoms with Gasteiger partial charge in [-0.3, -0.25) is 0 Å². The lowest BCUT2D eigenvalue weighted by Gasteiger charge is -2.06. The van der Waals surface area contributed by atoms with Gasteiger partial charge in [0, 0.05) is 19.3 Å². The van der Waals surface area contributed by atoms with Crippen LogP contribution in [0, 0.1) is 0 Å². The Kier molecular flexibility index (Phi) is 3.58. The topological polar surface area (TPSA) is 56.7 Å². The van der Waals surface area contributed by atoms with Gasteiger partial charge in [-0.25, -0.2) is 0 Å². The predicted octanol–water partition coefficient (Wildman–Crippen LogP) is 1.57. The summed E-state index contributed by atoms with van der Waals surface area (Å²) in [6.07, 6.45) is 1.71. The first-order valence-electron chi connectivity index (χ1n) is 5.05. The number of aromatic nitrogens is 3. The molecule has 2 rings (SSSR count). The van der Waals surface area contributed by atoms with Gasteiger partial charge in [0.05, 0.1) is 0 Å². The summed E-state index contributed by atoms with van der Waals surface area (Å²) in [5.74, 6) is 0.875. The van der Waals surface area contributed by atoms with Crippen molar-refractivity contribution in [2.24, 2.45) is 12.8 Å². The van der Waals surface area contributed by atoms with E-state index in [1.807, 2.05) is 23.7 Å². The number of thioether (sulfide) groups is 1. The molecule has 0 atom stereocenters. The van der Waals surface area contributed by atoms with Gasteiger partial charge in [0.25, 0.3) is 0 Å². The molecule has 2 N–H and O–H groups in total. The SMILES string of the molecule is Cn1cnnc1SCc1ccccc1CN. The van der Waals surface area contributed by atoms with Crippen LogP contribution >= 0.6 is 11.8 Å². The van der Waals surface area contributed by atoms with Crippen LogP contribution in [0.5, 0.6) is 0 Å². The van der Waals surface area contributed by atoms with E-state index in [0.717, 1.165) is 10.9 Å². The fraction of sp³-hybridized carbons (Fsp3) is 0.273. The summed E-state index contributed by atoms with van der Waals surface area (Å²) in [7, 11) is 1.94. The largest absolute Gasteiger partial charge is 0.326 e. The second kappa shape index (κ2) is 5.14. The van der Waals surface area contributed by atoms with Gasteiger partial charge >= 0.3 is 0 Å². The van der Waals surface area contributed by atoms with Crippen LogP contribution in [0.15, 0.2) is 35.7 Å². The fourth-order valence-corrected chi connectivity index (χ4v) is 2.36. The molecule has 16 heavy (non-hydrogen) atoms. The van der Waals surface area contributed by atoms with E-state index in [2.05, 4.69) is 22.3 Å². The molecule has 0 fully saturated rings. The number of rotatable bonds is 4. The lowest BCUT2D eigenvalue weighted by atomic mass is 10.1. The molecule has 4 nitrogen and oxygen atoms in total. The minimum Gasteiger partial charge on any atom is -0.326 e. The van der Waals surface area contributed by atoms with Crippen LogP contribution < -0.4 is 5.73 Å². The molecule has 5 heteroatoms. The minimum atomic E-state index is 0.579. The predicted molar refractivity (Wildman–Crippen MR) is 64.9 cm³/mol. The van der Waals surface area contributed by atoms with Gasteiger partial charge < -0.3 is 10.3 Å². The maximum Gasteiger partial charge on any atom is 0.191 e. The lowest BCUT2D eigenvalue weighted by Crippen LogP contribution is -2.00. The van der Waals surface area contributed by atoms with Crippen LogP contribution in [0.2, 0.25) is 0 Å². The highest BCUT2D eigenvalue weighted by molar-refractivity contribution is 7.98. The Labute approximate surface area is 98.9 Å². The molecule has 0 radical (unpaired) electrons. The third kappa shape index (κ3) is 2.43. The smallest absolute Gasteiger partial charge is 0.191 e. The van der Waals surface area contributed by atoms with E-state index in [4.69, 9.17) is 5.73 Å². The average Bonchev–Trinajstić information content (AvgIpc) is 2.72. The Bertz CT molecular complexity index is 467. The van der Waals surface area contributed by atoms with E-state index in [-0.39, 0.29) is 0 Å². The zero-order chi connectivity index (χ0) is 11.4. The molecule has 1 heterocycles. The number of aryl methyl sites for hydroxylation is 1. The van der Waals surface area contributed by atoms with Gasteiger partial charge in [-0.05, 0) is 11.1 Å². The quantitative estimate of drug-likeness (QED) is 0.816. The number of hydrogen-bond donors (Lipinski definition) is 1. The van der Waals surface area contributed by atoms with Gasteiger partial charge in [-0.15, -0.1) is 10.2 Å². The first kappa shape index (κ1) is 11.2. The monoisotopic (exact) mass is 234 g/mol. The number of hydrogen-bond acceptors (Lipinski definition) is 4. The molecule has 1 aromatic heterocycles. The Morgan fingerprint density at radius 2 is 2.06 bits per heavy atom. The van der Waals surface area contributed by atoms with Crippen molar-refractivity contribution in [3.05, 3.63) is 41.7 Å². The zero-order valence-electron chi connectivity index (χ0n) is 9.13. The number of nitrogens with zero attached hydrogens (tertiary/aromatic N) is 3. The second-order valence-corrected chi connectivity index (χ2v) is 4.43. The molecular formula is C11H14N4S. The summed E-state index contributed by atoms with van der Waals surface area (Å²) < 4.78 is 1.91. The Morgan fingerprint density at radius 1 is 1.31 bits per heavy atom. The highest BCUT2D eigenvalue weighted by Crippen LogP contribution is 2.21. The molecule has 0 bridgehead atoms. The molecule has 2 aromatic rings. The van der Waals surface area contributed by atoms with Crippen molar-refractivity contribution in [3.8, 4) is 0 Å². The van der Waals surface area contributed by atoms with Crippen molar-refractivity contribution in [2.45, 2.75) is 17.5 Å². The molecule has 0 saturated carbocycles. The maximum atomic E-state index is 5.69. The van der Waals surface area contributed by atoms with Crippen LogP contribution in [-0.2, 0) is 19.3 Å². The zero-order valence-corrected chi connectivity index (χ0v) is 9.94. The van der Waals surface area contributed by atoms with Gasteiger partial charge in [0.15, 0.2) is 5.16 Å². The average molecular weight is 234 g/mol. The first-order valence-corrected chi connectivity index (χ1v) is 6.03. The van der Waals surface area contributed by atoms with Crippen LogP contribution in [0.4, 0.5) is 0 Å². The first-order chi connectivity index (χ1) is 7.81. The van der Waals surface area contributed by atoms with E-state index in [1.165, 1.54) is 11.1 Å². The van der Waals surface area contributed by atoms with Gasteiger partial charge in [0.2, 0.25) is 0 Å². The summed E-state index contributed by atoms with van der Waals surface area (Å²) >= 11 is 1.67. The molecule has 1 aromatic carbocycles.